The van der Waals surface area contributed by atoms with Crippen LogP contribution in [0.25, 0.3) is 22.4 Å². The Bertz CT molecular complexity index is 764. The van der Waals surface area contributed by atoms with Gasteiger partial charge in [-0.25, -0.2) is 4.39 Å². The lowest BCUT2D eigenvalue weighted by molar-refractivity contribution is 0.628. The van der Waals surface area contributed by atoms with Crippen molar-refractivity contribution < 1.29 is 4.39 Å². The molecule has 100 valence electrons. The van der Waals surface area contributed by atoms with Crippen molar-refractivity contribution in [1.29, 1.82) is 0 Å². The van der Waals surface area contributed by atoms with Gasteiger partial charge in [0.15, 0.2) is 0 Å². The maximum absolute atomic E-state index is 13.0. The van der Waals surface area contributed by atoms with E-state index in [4.69, 9.17) is 7.85 Å². The fourth-order valence-electron chi connectivity index (χ4n) is 2.30. The fourth-order valence-corrected chi connectivity index (χ4v) is 2.30. The predicted molar refractivity (Wildman–Crippen MR) is 85.2 cm³/mol. The van der Waals surface area contributed by atoms with E-state index in [0.717, 1.165) is 33.4 Å². The van der Waals surface area contributed by atoms with E-state index in [9.17, 15) is 4.39 Å². The van der Waals surface area contributed by atoms with Crippen LogP contribution in [0.5, 0.6) is 0 Å². The first-order valence-corrected chi connectivity index (χ1v) is 6.72. The van der Waals surface area contributed by atoms with Gasteiger partial charge in [-0.15, -0.1) is 0 Å². The van der Waals surface area contributed by atoms with Crippen molar-refractivity contribution in [2.75, 3.05) is 0 Å². The summed E-state index contributed by atoms with van der Waals surface area (Å²) in [6.07, 6.45) is 1.83. The van der Waals surface area contributed by atoms with Crippen molar-refractivity contribution in [2.24, 2.45) is 0 Å². The van der Waals surface area contributed by atoms with Gasteiger partial charge >= 0.3 is 0 Å². The van der Waals surface area contributed by atoms with Gasteiger partial charge in [-0.3, -0.25) is 4.98 Å². The Balaban J connectivity index is 1.99. The summed E-state index contributed by atoms with van der Waals surface area (Å²) < 4.78 is 13.0. The molecule has 0 aliphatic carbocycles. The van der Waals surface area contributed by atoms with E-state index in [1.165, 1.54) is 12.1 Å². The molecule has 0 amide bonds. The molecule has 0 bridgehead atoms. The summed E-state index contributed by atoms with van der Waals surface area (Å²) in [7, 11) is 5.70. The smallest absolute Gasteiger partial charge is 0.123 e. The van der Waals surface area contributed by atoms with E-state index in [-0.39, 0.29) is 5.82 Å². The van der Waals surface area contributed by atoms with Crippen LogP contribution < -0.4 is 5.46 Å². The molecule has 2 radical (unpaired) electrons. The minimum atomic E-state index is -0.233. The van der Waals surface area contributed by atoms with Crippen LogP contribution in [0.1, 0.15) is 5.56 Å². The number of rotatable bonds is 2. The van der Waals surface area contributed by atoms with Crippen molar-refractivity contribution in [2.45, 2.75) is 6.92 Å². The average molecular weight is 273 g/mol. The van der Waals surface area contributed by atoms with Gasteiger partial charge in [0.1, 0.15) is 13.7 Å². The monoisotopic (exact) mass is 273 g/mol. The molecule has 0 spiro atoms. The summed E-state index contributed by atoms with van der Waals surface area (Å²) in [5, 5.41) is 0. The number of halogens is 1. The maximum Gasteiger partial charge on any atom is 0.123 e. The lowest BCUT2D eigenvalue weighted by Crippen LogP contribution is -1.99. The van der Waals surface area contributed by atoms with Gasteiger partial charge in [0.05, 0.1) is 5.69 Å². The van der Waals surface area contributed by atoms with Gasteiger partial charge in [-0.05, 0) is 36.2 Å². The van der Waals surface area contributed by atoms with Gasteiger partial charge in [-0.1, -0.05) is 41.9 Å². The van der Waals surface area contributed by atoms with Crippen molar-refractivity contribution >= 4 is 13.3 Å². The minimum Gasteiger partial charge on any atom is -0.256 e. The molecule has 2 aromatic carbocycles. The molecule has 0 saturated carbocycles. The molecule has 1 aromatic heterocycles. The lowest BCUT2D eigenvalue weighted by atomic mass is 9.94. The summed E-state index contributed by atoms with van der Waals surface area (Å²) >= 11 is 0. The molecule has 21 heavy (non-hydrogen) atoms. The number of pyridine rings is 1. The van der Waals surface area contributed by atoms with E-state index in [0.29, 0.717) is 0 Å². The molecule has 3 rings (SSSR count). The molecule has 0 aliphatic rings. The van der Waals surface area contributed by atoms with Crippen molar-refractivity contribution in [3.8, 4) is 22.4 Å². The van der Waals surface area contributed by atoms with Crippen LogP contribution in [-0.2, 0) is 0 Å². The molecule has 0 N–H and O–H groups in total. The van der Waals surface area contributed by atoms with E-state index in [2.05, 4.69) is 4.98 Å². The zero-order valence-corrected chi connectivity index (χ0v) is 11.7. The molecule has 0 aliphatic heterocycles. The summed E-state index contributed by atoms with van der Waals surface area (Å²) in [5.41, 5.74) is 5.73. The Morgan fingerprint density at radius 2 is 1.52 bits per heavy atom. The fraction of sp³-hybridized carbons (Fsp3) is 0.0556. The van der Waals surface area contributed by atoms with Gasteiger partial charge in [0.25, 0.3) is 0 Å². The topological polar surface area (TPSA) is 12.9 Å². The number of hydrogen-bond acceptors (Lipinski definition) is 1. The number of aryl methyl sites for hydroxylation is 1. The lowest BCUT2D eigenvalue weighted by Gasteiger charge is -2.08. The Hall–Kier alpha value is -2.42. The van der Waals surface area contributed by atoms with Crippen LogP contribution in [0.4, 0.5) is 4.39 Å². The SMILES string of the molecule is [B]c1ccc(-c2cc(C)c(-c3ccc(F)cc3)cn2)cc1. The van der Waals surface area contributed by atoms with Crippen molar-refractivity contribution in [3.05, 3.63) is 72.2 Å². The summed E-state index contributed by atoms with van der Waals surface area (Å²) in [5.74, 6) is -0.233. The largest absolute Gasteiger partial charge is 0.256 e. The molecular weight excluding hydrogens is 260 g/mol. The highest BCUT2D eigenvalue weighted by molar-refractivity contribution is 6.32. The number of hydrogen-bond donors (Lipinski definition) is 0. The van der Waals surface area contributed by atoms with Crippen LogP contribution >= 0.6 is 0 Å². The Labute approximate surface area is 124 Å². The molecule has 0 atom stereocenters. The predicted octanol–water partition coefficient (Wildman–Crippen LogP) is 3.66. The van der Waals surface area contributed by atoms with Crippen LogP contribution in [0.2, 0.25) is 0 Å². The van der Waals surface area contributed by atoms with E-state index in [1.807, 2.05) is 43.5 Å². The van der Waals surface area contributed by atoms with E-state index >= 15 is 0 Å². The van der Waals surface area contributed by atoms with Gasteiger partial charge in [-0.2, -0.15) is 0 Å². The standard InChI is InChI=1S/C18H13BFN/c1-12-10-18(14-2-6-15(19)7-3-14)21-11-17(12)13-4-8-16(20)9-5-13/h2-11H,1H3. The quantitative estimate of drug-likeness (QED) is 0.649. The molecule has 3 aromatic rings. The maximum atomic E-state index is 13.0. The first kappa shape index (κ1) is 13.6. The second kappa shape index (κ2) is 5.53. The Morgan fingerprint density at radius 1 is 0.905 bits per heavy atom. The molecule has 0 unspecified atom stereocenters. The number of aromatic nitrogens is 1. The third-order valence-electron chi connectivity index (χ3n) is 3.47. The first-order chi connectivity index (χ1) is 10.1. The van der Waals surface area contributed by atoms with Crippen LogP contribution in [0, 0.1) is 12.7 Å². The van der Waals surface area contributed by atoms with Crippen LogP contribution in [0.3, 0.4) is 0 Å². The van der Waals surface area contributed by atoms with E-state index in [1.54, 1.807) is 12.1 Å². The molecule has 3 heteroatoms. The first-order valence-electron chi connectivity index (χ1n) is 6.72. The normalized spacial score (nSPS) is 10.6. The molecule has 0 saturated heterocycles. The number of nitrogens with zero attached hydrogens (tertiary/aromatic N) is 1. The molecule has 1 nitrogen and oxygen atoms in total. The minimum absolute atomic E-state index is 0.233. The van der Waals surface area contributed by atoms with Crippen LogP contribution in [-0.4, -0.2) is 12.8 Å². The molecule has 0 fully saturated rings. The van der Waals surface area contributed by atoms with Crippen molar-refractivity contribution in [1.82, 2.24) is 4.98 Å². The third kappa shape index (κ3) is 2.87. The molecular formula is C18H13BFN. The van der Waals surface area contributed by atoms with Crippen molar-refractivity contribution in [3.63, 3.8) is 0 Å². The second-order valence-electron chi connectivity index (χ2n) is 5.01. The highest BCUT2D eigenvalue weighted by Crippen LogP contribution is 2.26. The van der Waals surface area contributed by atoms with Crippen LogP contribution in [0.15, 0.2) is 60.8 Å². The Kier molecular flexibility index (Phi) is 3.57. The highest BCUT2D eigenvalue weighted by Gasteiger charge is 2.06. The van der Waals surface area contributed by atoms with Gasteiger partial charge in [0.2, 0.25) is 0 Å². The highest BCUT2D eigenvalue weighted by atomic mass is 19.1. The zero-order chi connectivity index (χ0) is 14.8. The Morgan fingerprint density at radius 3 is 2.14 bits per heavy atom. The summed E-state index contributed by atoms with van der Waals surface area (Å²) in [4.78, 5) is 4.50. The average Bonchev–Trinajstić information content (AvgIpc) is 2.49. The molecule has 1 heterocycles. The van der Waals surface area contributed by atoms with E-state index < -0.39 is 0 Å². The van der Waals surface area contributed by atoms with Gasteiger partial charge < -0.3 is 0 Å². The summed E-state index contributed by atoms with van der Waals surface area (Å²) in [6.45, 7) is 2.03. The second-order valence-corrected chi connectivity index (χ2v) is 5.01. The third-order valence-corrected chi connectivity index (χ3v) is 3.47. The number of benzene rings is 2. The summed E-state index contributed by atoms with van der Waals surface area (Å²) in [6, 6.07) is 16.1. The zero-order valence-electron chi connectivity index (χ0n) is 11.7. The van der Waals surface area contributed by atoms with Gasteiger partial charge in [0, 0.05) is 17.3 Å².